The van der Waals surface area contributed by atoms with E-state index in [2.05, 4.69) is 4.98 Å². The predicted octanol–water partition coefficient (Wildman–Crippen LogP) is 4.55. The van der Waals surface area contributed by atoms with Crippen LogP contribution in [0.3, 0.4) is 0 Å². The van der Waals surface area contributed by atoms with Crippen LogP contribution in [0.2, 0.25) is 10.0 Å². The summed E-state index contributed by atoms with van der Waals surface area (Å²) in [7, 11) is 0. The molecular formula is C19H17Cl2F3N4. The molecule has 1 aromatic heterocycles. The zero-order valence-corrected chi connectivity index (χ0v) is 16.2. The Morgan fingerprint density at radius 2 is 1.86 bits per heavy atom. The van der Waals surface area contributed by atoms with Crippen molar-refractivity contribution in [2.75, 3.05) is 18.0 Å². The SMILES string of the molecule is N[C@@H]1CN(c2nc3cc(F)c(F)cc3n2Cc2ccc(Cl)c(Cl)c2)CC[C@H]1F. The molecule has 9 heteroatoms. The van der Waals surface area contributed by atoms with E-state index in [1.54, 1.807) is 22.8 Å². The van der Waals surface area contributed by atoms with E-state index in [0.29, 0.717) is 40.1 Å². The number of piperidine rings is 1. The van der Waals surface area contributed by atoms with Gasteiger partial charge >= 0.3 is 0 Å². The molecule has 148 valence electrons. The van der Waals surface area contributed by atoms with Crippen molar-refractivity contribution in [1.29, 1.82) is 0 Å². The van der Waals surface area contributed by atoms with Crippen LogP contribution in [0.5, 0.6) is 0 Å². The molecule has 1 aliphatic rings. The van der Waals surface area contributed by atoms with Crippen molar-refractivity contribution in [3.63, 3.8) is 0 Å². The van der Waals surface area contributed by atoms with E-state index in [1.807, 2.05) is 4.90 Å². The number of nitrogens with zero attached hydrogens (tertiary/aromatic N) is 3. The van der Waals surface area contributed by atoms with E-state index in [1.165, 1.54) is 0 Å². The Bertz CT molecular complexity index is 1040. The Morgan fingerprint density at radius 1 is 1.11 bits per heavy atom. The fourth-order valence-electron chi connectivity index (χ4n) is 3.46. The molecule has 0 amide bonds. The second-order valence-electron chi connectivity index (χ2n) is 6.92. The van der Waals surface area contributed by atoms with Crippen LogP contribution in [-0.2, 0) is 6.54 Å². The maximum Gasteiger partial charge on any atom is 0.206 e. The quantitative estimate of drug-likeness (QED) is 0.665. The average Bonchev–Trinajstić information content (AvgIpc) is 2.98. The monoisotopic (exact) mass is 428 g/mol. The smallest absolute Gasteiger partial charge is 0.206 e. The van der Waals surface area contributed by atoms with Gasteiger partial charge in [0.15, 0.2) is 11.6 Å². The molecule has 1 fully saturated rings. The van der Waals surface area contributed by atoms with Gasteiger partial charge in [-0.05, 0) is 24.1 Å². The third-order valence-corrected chi connectivity index (χ3v) is 5.69. The molecule has 0 radical (unpaired) electrons. The molecule has 2 N–H and O–H groups in total. The molecule has 2 aromatic carbocycles. The Hall–Kier alpha value is -1.96. The summed E-state index contributed by atoms with van der Waals surface area (Å²) in [4.78, 5) is 6.32. The summed E-state index contributed by atoms with van der Waals surface area (Å²) in [5, 5.41) is 0.813. The Balaban J connectivity index is 1.81. The number of halogens is 5. The van der Waals surface area contributed by atoms with E-state index in [4.69, 9.17) is 28.9 Å². The minimum atomic E-state index is -1.08. The first-order valence-electron chi connectivity index (χ1n) is 8.77. The van der Waals surface area contributed by atoms with Gasteiger partial charge in [0, 0.05) is 25.2 Å². The average molecular weight is 429 g/mol. The molecule has 2 heterocycles. The normalized spacial score (nSPS) is 20.1. The first-order valence-corrected chi connectivity index (χ1v) is 9.53. The van der Waals surface area contributed by atoms with Crippen molar-refractivity contribution in [2.45, 2.75) is 25.2 Å². The second kappa shape index (κ2) is 7.46. The predicted molar refractivity (Wildman–Crippen MR) is 105 cm³/mol. The molecule has 28 heavy (non-hydrogen) atoms. The summed E-state index contributed by atoms with van der Waals surface area (Å²) in [6.07, 6.45) is -0.820. The van der Waals surface area contributed by atoms with Crippen molar-refractivity contribution in [1.82, 2.24) is 9.55 Å². The minimum absolute atomic E-state index is 0.261. The van der Waals surface area contributed by atoms with Crippen LogP contribution in [0, 0.1) is 11.6 Å². The van der Waals surface area contributed by atoms with Crippen LogP contribution in [0.4, 0.5) is 19.1 Å². The second-order valence-corrected chi connectivity index (χ2v) is 7.73. The van der Waals surface area contributed by atoms with E-state index in [-0.39, 0.29) is 13.0 Å². The standard InChI is InChI=1S/C19H17Cl2F3N4/c20-11-2-1-10(5-12(11)21)8-28-18-7-15(24)14(23)6-17(18)26-19(28)27-4-3-13(22)16(25)9-27/h1-2,5-7,13,16H,3-4,8-9,25H2/t13-,16-/m1/s1. The Kier molecular flexibility index (Phi) is 5.16. The van der Waals surface area contributed by atoms with Crippen LogP contribution in [0.25, 0.3) is 11.0 Å². The molecule has 0 bridgehead atoms. The van der Waals surface area contributed by atoms with E-state index >= 15 is 0 Å². The zero-order chi connectivity index (χ0) is 20.0. The van der Waals surface area contributed by atoms with Gasteiger partial charge in [0.2, 0.25) is 5.95 Å². The lowest BCUT2D eigenvalue weighted by Crippen LogP contribution is -2.50. The van der Waals surface area contributed by atoms with E-state index in [9.17, 15) is 13.2 Å². The molecule has 0 spiro atoms. The molecule has 0 unspecified atom stereocenters. The molecular weight excluding hydrogens is 412 g/mol. The van der Waals surface area contributed by atoms with Crippen molar-refractivity contribution >= 4 is 40.2 Å². The van der Waals surface area contributed by atoms with Crippen molar-refractivity contribution in [3.8, 4) is 0 Å². The molecule has 0 saturated carbocycles. The maximum atomic E-state index is 13.9. The highest BCUT2D eigenvalue weighted by Gasteiger charge is 2.29. The number of hydrogen-bond acceptors (Lipinski definition) is 3. The minimum Gasteiger partial charge on any atom is -0.340 e. The van der Waals surface area contributed by atoms with Crippen LogP contribution < -0.4 is 10.6 Å². The zero-order valence-electron chi connectivity index (χ0n) is 14.7. The number of hydrogen-bond donors (Lipinski definition) is 1. The molecule has 0 aliphatic carbocycles. The molecule has 2 atom stereocenters. The summed E-state index contributed by atoms with van der Waals surface area (Å²) >= 11 is 12.1. The van der Waals surface area contributed by atoms with Gasteiger partial charge in [-0.25, -0.2) is 18.2 Å². The van der Waals surface area contributed by atoms with Crippen molar-refractivity contribution < 1.29 is 13.2 Å². The maximum absolute atomic E-state index is 13.9. The van der Waals surface area contributed by atoms with Crippen molar-refractivity contribution in [2.24, 2.45) is 5.73 Å². The van der Waals surface area contributed by atoms with Gasteiger partial charge in [-0.15, -0.1) is 0 Å². The van der Waals surface area contributed by atoms with Crippen LogP contribution in [0.1, 0.15) is 12.0 Å². The summed E-state index contributed by atoms with van der Waals surface area (Å²) in [6, 6.07) is 6.69. The molecule has 4 nitrogen and oxygen atoms in total. The van der Waals surface area contributed by atoms with Gasteiger partial charge in [0.1, 0.15) is 6.17 Å². The highest BCUT2D eigenvalue weighted by Crippen LogP contribution is 2.30. The summed E-state index contributed by atoms with van der Waals surface area (Å²) in [6.45, 7) is 0.972. The molecule has 1 aliphatic heterocycles. The summed E-state index contributed by atoms with van der Waals surface area (Å²) in [5.41, 5.74) is 7.43. The van der Waals surface area contributed by atoms with E-state index in [0.717, 1.165) is 17.7 Å². The Labute approximate surface area is 169 Å². The third-order valence-electron chi connectivity index (χ3n) is 4.95. The largest absolute Gasteiger partial charge is 0.340 e. The Morgan fingerprint density at radius 3 is 2.57 bits per heavy atom. The highest BCUT2D eigenvalue weighted by atomic mass is 35.5. The number of anilines is 1. The fraction of sp³-hybridized carbons (Fsp3) is 0.316. The van der Waals surface area contributed by atoms with Gasteiger partial charge in [-0.1, -0.05) is 29.3 Å². The number of fused-ring (bicyclic) bond motifs is 1. The topological polar surface area (TPSA) is 47.1 Å². The van der Waals surface area contributed by atoms with E-state index < -0.39 is 23.8 Å². The summed E-state index contributed by atoms with van der Waals surface area (Å²) in [5.74, 6) is -1.46. The number of imidazole rings is 1. The number of nitrogens with two attached hydrogens (primary N) is 1. The lowest BCUT2D eigenvalue weighted by atomic mass is 10.1. The van der Waals surface area contributed by atoms with Gasteiger partial charge in [-0.2, -0.15) is 0 Å². The molecule has 4 rings (SSSR count). The van der Waals surface area contributed by atoms with Crippen LogP contribution >= 0.6 is 23.2 Å². The van der Waals surface area contributed by atoms with Crippen LogP contribution in [-0.4, -0.2) is 34.9 Å². The van der Waals surface area contributed by atoms with Gasteiger partial charge in [-0.3, -0.25) is 0 Å². The van der Waals surface area contributed by atoms with Crippen LogP contribution in [0.15, 0.2) is 30.3 Å². The van der Waals surface area contributed by atoms with Gasteiger partial charge < -0.3 is 15.2 Å². The first kappa shape index (κ1) is 19.4. The first-order chi connectivity index (χ1) is 13.3. The number of rotatable bonds is 3. The lowest BCUT2D eigenvalue weighted by Gasteiger charge is -2.34. The third kappa shape index (κ3) is 3.54. The van der Waals surface area contributed by atoms with Crippen molar-refractivity contribution in [3.05, 3.63) is 57.6 Å². The summed E-state index contributed by atoms with van der Waals surface area (Å²) < 4.78 is 43.2. The number of aromatic nitrogens is 2. The number of benzene rings is 2. The molecule has 3 aromatic rings. The van der Waals surface area contributed by atoms with Gasteiger partial charge in [0.25, 0.3) is 0 Å². The fourth-order valence-corrected chi connectivity index (χ4v) is 3.78. The molecule has 1 saturated heterocycles. The lowest BCUT2D eigenvalue weighted by molar-refractivity contribution is 0.243. The highest BCUT2D eigenvalue weighted by molar-refractivity contribution is 6.42. The van der Waals surface area contributed by atoms with Gasteiger partial charge in [0.05, 0.1) is 33.7 Å². The number of alkyl halides is 1.